The summed E-state index contributed by atoms with van der Waals surface area (Å²) in [6.45, 7) is 12.9. The zero-order chi connectivity index (χ0) is 12.2. The summed E-state index contributed by atoms with van der Waals surface area (Å²) in [7, 11) is 0. The molecule has 96 valence electrons. The summed E-state index contributed by atoms with van der Waals surface area (Å²) in [5, 5.41) is 0. The molecule has 0 saturated carbocycles. The molecule has 0 bridgehead atoms. The Bertz CT molecular complexity index is 196. The van der Waals surface area contributed by atoms with Gasteiger partial charge in [-0.1, -0.05) is 13.8 Å². The first-order chi connectivity index (χ1) is 7.43. The molecule has 0 aromatic rings. The number of morpholine rings is 1. The second kappa shape index (κ2) is 5.99. The van der Waals surface area contributed by atoms with E-state index < -0.39 is 0 Å². The van der Waals surface area contributed by atoms with Gasteiger partial charge in [0.05, 0.1) is 12.2 Å². The van der Waals surface area contributed by atoms with Crippen molar-refractivity contribution in [3.05, 3.63) is 0 Å². The zero-order valence-corrected chi connectivity index (χ0v) is 11.3. The van der Waals surface area contributed by atoms with Crippen LogP contribution in [0.2, 0.25) is 0 Å². The third kappa shape index (κ3) is 4.81. The predicted molar refractivity (Wildman–Crippen MR) is 68.5 cm³/mol. The van der Waals surface area contributed by atoms with Crippen LogP contribution in [-0.2, 0) is 4.74 Å². The Morgan fingerprint density at radius 1 is 1.25 bits per heavy atom. The molecule has 1 aliphatic heterocycles. The number of nitrogens with two attached hydrogens (primary N) is 1. The predicted octanol–water partition coefficient (Wildman–Crippen LogP) is 1.86. The van der Waals surface area contributed by atoms with Gasteiger partial charge in [0.15, 0.2) is 0 Å². The molecule has 0 aliphatic carbocycles. The molecule has 0 aromatic heterocycles. The molecule has 1 fully saturated rings. The summed E-state index contributed by atoms with van der Waals surface area (Å²) < 4.78 is 5.72. The molecule has 16 heavy (non-hydrogen) atoms. The molecule has 3 nitrogen and oxygen atoms in total. The maximum Gasteiger partial charge on any atom is 0.0678 e. The highest BCUT2D eigenvalue weighted by Gasteiger charge is 2.22. The molecular weight excluding hydrogens is 200 g/mol. The van der Waals surface area contributed by atoms with Gasteiger partial charge in [0.1, 0.15) is 0 Å². The molecule has 0 radical (unpaired) electrons. The quantitative estimate of drug-likeness (QED) is 0.780. The number of rotatable bonds is 5. The van der Waals surface area contributed by atoms with E-state index in [0.717, 1.165) is 19.6 Å². The summed E-state index contributed by atoms with van der Waals surface area (Å²) in [5.41, 5.74) is 6.03. The summed E-state index contributed by atoms with van der Waals surface area (Å²) in [6, 6.07) is 0. The lowest BCUT2D eigenvalue weighted by Gasteiger charge is -2.35. The van der Waals surface area contributed by atoms with Crippen molar-refractivity contribution in [2.75, 3.05) is 26.2 Å². The van der Waals surface area contributed by atoms with Crippen molar-refractivity contribution in [1.82, 2.24) is 4.90 Å². The largest absolute Gasteiger partial charge is 0.373 e. The van der Waals surface area contributed by atoms with Crippen molar-refractivity contribution >= 4 is 0 Å². The zero-order valence-electron chi connectivity index (χ0n) is 11.3. The van der Waals surface area contributed by atoms with Crippen molar-refractivity contribution < 1.29 is 4.74 Å². The maximum absolute atomic E-state index is 5.74. The minimum Gasteiger partial charge on any atom is -0.373 e. The molecule has 2 N–H and O–H groups in total. The van der Waals surface area contributed by atoms with Crippen LogP contribution in [0.3, 0.4) is 0 Å². The van der Waals surface area contributed by atoms with Gasteiger partial charge in [-0.3, -0.25) is 4.90 Å². The molecule has 1 aliphatic rings. The standard InChI is InChI=1S/C13H28N2O/c1-11-8-15(9-12(2)16-11)7-5-6-13(3,4)10-14/h11-12H,5-10,14H2,1-4H3. The number of hydrogen-bond acceptors (Lipinski definition) is 3. The van der Waals surface area contributed by atoms with Gasteiger partial charge in [-0.15, -0.1) is 0 Å². The summed E-state index contributed by atoms with van der Waals surface area (Å²) in [5.74, 6) is 0. The first-order valence-corrected chi connectivity index (χ1v) is 6.51. The Kier molecular flexibility index (Phi) is 5.22. The first kappa shape index (κ1) is 13.9. The van der Waals surface area contributed by atoms with Crippen molar-refractivity contribution in [1.29, 1.82) is 0 Å². The van der Waals surface area contributed by atoms with Gasteiger partial charge in [0.2, 0.25) is 0 Å². The second-order valence-corrected chi connectivity index (χ2v) is 5.99. The van der Waals surface area contributed by atoms with Crippen molar-refractivity contribution in [2.45, 2.75) is 52.7 Å². The summed E-state index contributed by atoms with van der Waals surface area (Å²) in [4.78, 5) is 2.52. The Labute approximate surface area is 100 Å². The normalized spacial score (nSPS) is 28.3. The van der Waals surface area contributed by atoms with Crippen LogP contribution < -0.4 is 5.73 Å². The summed E-state index contributed by atoms with van der Waals surface area (Å²) in [6.07, 6.45) is 3.21. The Balaban J connectivity index is 2.22. The second-order valence-electron chi connectivity index (χ2n) is 5.99. The average molecular weight is 228 g/mol. The van der Waals surface area contributed by atoms with Gasteiger partial charge in [0, 0.05) is 13.1 Å². The van der Waals surface area contributed by atoms with Crippen LogP contribution in [0.4, 0.5) is 0 Å². The molecule has 2 unspecified atom stereocenters. The average Bonchev–Trinajstić information content (AvgIpc) is 2.16. The fourth-order valence-corrected chi connectivity index (χ4v) is 2.35. The molecule has 0 spiro atoms. The molecule has 0 aromatic carbocycles. The lowest BCUT2D eigenvalue weighted by atomic mass is 9.88. The van der Waals surface area contributed by atoms with E-state index in [0.29, 0.717) is 17.6 Å². The van der Waals surface area contributed by atoms with E-state index in [2.05, 4.69) is 32.6 Å². The summed E-state index contributed by atoms with van der Waals surface area (Å²) >= 11 is 0. The van der Waals surface area contributed by atoms with Crippen LogP contribution in [0.15, 0.2) is 0 Å². The van der Waals surface area contributed by atoms with Gasteiger partial charge >= 0.3 is 0 Å². The molecule has 1 rings (SSSR count). The van der Waals surface area contributed by atoms with Crippen LogP contribution in [0.5, 0.6) is 0 Å². The highest BCUT2D eigenvalue weighted by atomic mass is 16.5. The molecular formula is C13H28N2O. The molecule has 1 heterocycles. The lowest BCUT2D eigenvalue weighted by Crippen LogP contribution is -2.45. The van der Waals surface area contributed by atoms with E-state index in [4.69, 9.17) is 10.5 Å². The van der Waals surface area contributed by atoms with Crippen LogP contribution in [-0.4, -0.2) is 43.3 Å². The number of hydrogen-bond donors (Lipinski definition) is 1. The smallest absolute Gasteiger partial charge is 0.0678 e. The van der Waals surface area contributed by atoms with E-state index in [-0.39, 0.29) is 0 Å². The number of nitrogens with zero attached hydrogens (tertiary/aromatic N) is 1. The van der Waals surface area contributed by atoms with Gasteiger partial charge in [0.25, 0.3) is 0 Å². The molecule has 0 amide bonds. The Hall–Kier alpha value is -0.120. The van der Waals surface area contributed by atoms with Crippen LogP contribution in [0, 0.1) is 5.41 Å². The fourth-order valence-electron chi connectivity index (χ4n) is 2.35. The van der Waals surface area contributed by atoms with E-state index in [1.807, 2.05) is 0 Å². The third-order valence-corrected chi connectivity index (χ3v) is 3.38. The molecule has 2 atom stereocenters. The van der Waals surface area contributed by atoms with E-state index in [9.17, 15) is 0 Å². The van der Waals surface area contributed by atoms with Crippen molar-refractivity contribution in [2.24, 2.45) is 11.1 Å². The highest BCUT2D eigenvalue weighted by molar-refractivity contribution is 4.75. The van der Waals surface area contributed by atoms with Crippen LogP contribution in [0.25, 0.3) is 0 Å². The Morgan fingerprint density at radius 2 is 1.81 bits per heavy atom. The Morgan fingerprint density at radius 3 is 2.31 bits per heavy atom. The van der Waals surface area contributed by atoms with E-state index in [1.54, 1.807) is 0 Å². The monoisotopic (exact) mass is 228 g/mol. The lowest BCUT2D eigenvalue weighted by molar-refractivity contribution is -0.0685. The van der Waals surface area contributed by atoms with E-state index >= 15 is 0 Å². The van der Waals surface area contributed by atoms with Crippen LogP contribution >= 0.6 is 0 Å². The SMILES string of the molecule is CC1CN(CCCC(C)(C)CN)CC(C)O1. The van der Waals surface area contributed by atoms with E-state index in [1.165, 1.54) is 19.4 Å². The van der Waals surface area contributed by atoms with Crippen molar-refractivity contribution in [3.63, 3.8) is 0 Å². The number of ether oxygens (including phenoxy) is 1. The fraction of sp³-hybridized carbons (Fsp3) is 1.00. The van der Waals surface area contributed by atoms with Gasteiger partial charge < -0.3 is 10.5 Å². The van der Waals surface area contributed by atoms with Gasteiger partial charge in [-0.25, -0.2) is 0 Å². The maximum atomic E-state index is 5.74. The third-order valence-electron chi connectivity index (χ3n) is 3.38. The molecule has 3 heteroatoms. The van der Waals surface area contributed by atoms with Gasteiger partial charge in [-0.05, 0) is 45.2 Å². The van der Waals surface area contributed by atoms with Gasteiger partial charge in [-0.2, -0.15) is 0 Å². The topological polar surface area (TPSA) is 38.5 Å². The first-order valence-electron chi connectivity index (χ1n) is 6.51. The minimum atomic E-state index is 0.295. The molecule has 1 saturated heterocycles. The highest BCUT2D eigenvalue weighted by Crippen LogP contribution is 2.21. The minimum absolute atomic E-state index is 0.295. The van der Waals surface area contributed by atoms with Crippen LogP contribution in [0.1, 0.15) is 40.5 Å². The van der Waals surface area contributed by atoms with Crippen molar-refractivity contribution in [3.8, 4) is 0 Å².